The summed E-state index contributed by atoms with van der Waals surface area (Å²) in [5.41, 5.74) is 0. The van der Waals surface area contributed by atoms with Gasteiger partial charge in [0.05, 0.1) is 6.10 Å². The average molecular weight is 271 g/mol. The molecular weight excluding hydrogens is 232 g/mol. The standard InChI is InChI=1S/C18H38O/c1-5-6-7-8-9-10-11-12-13-14-15-18(16(2)3)17(4)19/h16-19H,5-15H2,1-4H3. The van der Waals surface area contributed by atoms with Crippen molar-refractivity contribution in [2.75, 3.05) is 0 Å². The molecule has 0 aliphatic carbocycles. The number of rotatable bonds is 13. The molecule has 2 atom stereocenters. The lowest BCUT2D eigenvalue weighted by Crippen LogP contribution is -2.22. The summed E-state index contributed by atoms with van der Waals surface area (Å²) in [7, 11) is 0. The van der Waals surface area contributed by atoms with Gasteiger partial charge in [-0.1, -0.05) is 85.0 Å². The maximum absolute atomic E-state index is 9.73. The lowest BCUT2D eigenvalue weighted by molar-refractivity contribution is 0.0900. The van der Waals surface area contributed by atoms with Crippen molar-refractivity contribution in [3.05, 3.63) is 0 Å². The molecule has 0 bridgehead atoms. The molecule has 0 aliphatic rings. The van der Waals surface area contributed by atoms with Crippen molar-refractivity contribution >= 4 is 0 Å². The van der Waals surface area contributed by atoms with Gasteiger partial charge in [0.2, 0.25) is 0 Å². The second kappa shape index (κ2) is 13.0. The molecule has 1 heteroatoms. The Morgan fingerprint density at radius 2 is 1.11 bits per heavy atom. The Kier molecular flexibility index (Phi) is 12.9. The van der Waals surface area contributed by atoms with E-state index in [1.165, 1.54) is 70.6 Å². The Morgan fingerprint density at radius 3 is 1.47 bits per heavy atom. The Bertz CT molecular complexity index is 167. The van der Waals surface area contributed by atoms with Crippen LogP contribution in [0.1, 0.15) is 98.3 Å². The molecule has 1 N–H and O–H groups in total. The van der Waals surface area contributed by atoms with Crippen molar-refractivity contribution in [3.63, 3.8) is 0 Å². The van der Waals surface area contributed by atoms with Gasteiger partial charge in [0.25, 0.3) is 0 Å². The number of aliphatic hydroxyl groups is 1. The molecular formula is C18H38O. The van der Waals surface area contributed by atoms with Crippen molar-refractivity contribution in [1.82, 2.24) is 0 Å². The van der Waals surface area contributed by atoms with E-state index in [1.54, 1.807) is 0 Å². The van der Waals surface area contributed by atoms with Crippen LogP contribution in [0.4, 0.5) is 0 Å². The van der Waals surface area contributed by atoms with E-state index in [9.17, 15) is 5.11 Å². The first-order chi connectivity index (χ1) is 9.09. The highest BCUT2D eigenvalue weighted by molar-refractivity contribution is 4.68. The third kappa shape index (κ3) is 11.5. The topological polar surface area (TPSA) is 20.2 Å². The number of unbranched alkanes of at least 4 members (excludes halogenated alkanes) is 9. The van der Waals surface area contributed by atoms with E-state index in [-0.39, 0.29) is 6.10 Å². The fourth-order valence-electron chi connectivity index (χ4n) is 3.00. The first-order valence-corrected chi connectivity index (χ1v) is 8.77. The van der Waals surface area contributed by atoms with Gasteiger partial charge >= 0.3 is 0 Å². The molecule has 0 saturated carbocycles. The largest absolute Gasteiger partial charge is 0.393 e. The summed E-state index contributed by atoms with van der Waals surface area (Å²) >= 11 is 0. The fourth-order valence-corrected chi connectivity index (χ4v) is 3.00. The van der Waals surface area contributed by atoms with Crippen LogP contribution in [0.2, 0.25) is 0 Å². The van der Waals surface area contributed by atoms with Gasteiger partial charge < -0.3 is 5.11 Å². The molecule has 2 unspecified atom stereocenters. The van der Waals surface area contributed by atoms with Gasteiger partial charge in [-0.25, -0.2) is 0 Å². The minimum Gasteiger partial charge on any atom is -0.393 e. The van der Waals surface area contributed by atoms with Crippen LogP contribution in [-0.4, -0.2) is 11.2 Å². The van der Waals surface area contributed by atoms with E-state index >= 15 is 0 Å². The molecule has 0 aliphatic heterocycles. The van der Waals surface area contributed by atoms with Crippen LogP contribution in [0, 0.1) is 11.8 Å². The van der Waals surface area contributed by atoms with Crippen molar-refractivity contribution in [2.45, 2.75) is 104 Å². The highest BCUT2D eigenvalue weighted by atomic mass is 16.3. The minimum absolute atomic E-state index is 0.140. The predicted molar refractivity (Wildman–Crippen MR) is 86.5 cm³/mol. The molecule has 116 valence electrons. The van der Waals surface area contributed by atoms with Crippen LogP contribution in [0.3, 0.4) is 0 Å². The smallest absolute Gasteiger partial charge is 0.0542 e. The summed E-state index contributed by atoms with van der Waals surface area (Å²) in [6, 6.07) is 0. The summed E-state index contributed by atoms with van der Waals surface area (Å²) in [5, 5.41) is 9.73. The van der Waals surface area contributed by atoms with E-state index in [1.807, 2.05) is 6.92 Å². The molecule has 0 spiro atoms. The zero-order valence-electron chi connectivity index (χ0n) is 14.0. The van der Waals surface area contributed by atoms with Gasteiger partial charge in [0.15, 0.2) is 0 Å². The van der Waals surface area contributed by atoms with E-state index in [0.717, 1.165) is 0 Å². The summed E-state index contributed by atoms with van der Waals surface area (Å²) < 4.78 is 0. The van der Waals surface area contributed by atoms with E-state index in [0.29, 0.717) is 11.8 Å². The van der Waals surface area contributed by atoms with Gasteiger partial charge in [0.1, 0.15) is 0 Å². The third-order valence-corrected chi connectivity index (χ3v) is 4.37. The van der Waals surface area contributed by atoms with Crippen LogP contribution in [-0.2, 0) is 0 Å². The monoisotopic (exact) mass is 270 g/mol. The van der Waals surface area contributed by atoms with Gasteiger partial charge in [0, 0.05) is 0 Å². The van der Waals surface area contributed by atoms with Crippen LogP contribution >= 0.6 is 0 Å². The van der Waals surface area contributed by atoms with Crippen LogP contribution in [0.5, 0.6) is 0 Å². The third-order valence-electron chi connectivity index (χ3n) is 4.37. The number of aliphatic hydroxyl groups excluding tert-OH is 1. The second-order valence-corrected chi connectivity index (χ2v) is 6.62. The highest BCUT2D eigenvalue weighted by Crippen LogP contribution is 2.22. The predicted octanol–water partition coefficient (Wildman–Crippen LogP) is 5.95. The molecule has 0 fully saturated rings. The van der Waals surface area contributed by atoms with Gasteiger partial charge in [-0.3, -0.25) is 0 Å². The van der Waals surface area contributed by atoms with E-state index < -0.39 is 0 Å². The lowest BCUT2D eigenvalue weighted by atomic mass is 9.86. The molecule has 0 aromatic heterocycles. The normalized spacial score (nSPS) is 14.8. The SMILES string of the molecule is CCCCCCCCCCCCC(C(C)C)C(C)O. The molecule has 0 heterocycles. The quantitative estimate of drug-likeness (QED) is 0.410. The lowest BCUT2D eigenvalue weighted by Gasteiger charge is -2.23. The van der Waals surface area contributed by atoms with E-state index in [2.05, 4.69) is 20.8 Å². The Hall–Kier alpha value is -0.0400. The Morgan fingerprint density at radius 1 is 0.684 bits per heavy atom. The summed E-state index contributed by atoms with van der Waals surface area (Å²) in [6.45, 7) is 8.68. The Balaban J connectivity index is 3.30. The average Bonchev–Trinajstić information content (AvgIpc) is 2.35. The minimum atomic E-state index is -0.140. The zero-order chi connectivity index (χ0) is 14.5. The van der Waals surface area contributed by atoms with Crippen molar-refractivity contribution < 1.29 is 5.11 Å². The van der Waals surface area contributed by atoms with Gasteiger partial charge in [-0.05, 0) is 25.2 Å². The fraction of sp³-hybridized carbons (Fsp3) is 1.00. The molecule has 0 rings (SSSR count). The number of hydrogen-bond donors (Lipinski definition) is 1. The molecule has 1 nitrogen and oxygen atoms in total. The maximum atomic E-state index is 9.73. The molecule has 0 aromatic rings. The van der Waals surface area contributed by atoms with Crippen molar-refractivity contribution in [3.8, 4) is 0 Å². The maximum Gasteiger partial charge on any atom is 0.0542 e. The first-order valence-electron chi connectivity index (χ1n) is 8.77. The molecule has 0 radical (unpaired) electrons. The summed E-state index contributed by atoms with van der Waals surface area (Å²) in [6.07, 6.45) is 15.0. The summed E-state index contributed by atoms with van der Waals surface area (Å²) in [5.74, 6) is 1.10. The molecule has 0 saturated heterocycles. The van der Waals surface area contributed by atoms with E-state index in [4.69, 9.17) is 0 Å². The highest BCUT2D eigenvalue weighted by Gasteiger charge is 2.17. The van der Waals surface area contributed by atoms with Crippen LogP contribution < -0.4 is 0 Å². The van der Waals surface area contributed by atoms with Crippen LogP contribution in [0.15, 0.2) is 0 Å². The summed E-state index contributed by atoms with van der Waals surface area (Å²) in [4.78, 5) is 0. The zero-order valence-corrected chi connectivity index (χ0v) is 14.0. The second-order valence-electron chi connectivity index (χ2n) is 6.62. The molecule has 0 aromatic carbocycles. The molecule has 19 heavy (non-hydrogen) atoms. The van der Waals surface area contributed by atoms with Crippen LogP contribution in [0.25, 0.3) is 0 Å². The van der Waals surface area contributed by atoms with Gasteiger partial charge in [-0.2, -0.15) is 0 Å². The first kappa shape index (κ1) is 19.0. The Labute approximate surface area is 122 Å². The van der Waals surface area contributed by atoms with Gasteiger partial charge in [-0.15, -0.1) is 0 Å². The molecule has 0 amide bonds. The van der Waals surface area contributed by atoms with Crippen molar-refractivity contribution in [1.29, 1.82) is 0 Å². The number of hydrogen-bond acceptors (Lipinski definition) is 1. The van der Waals surface area contributed by atoms with Crippen molar-refractivity contribution in [2.24, 2.45) is 11.8 Å².